The Kier molecular flexibility index (Phi) is 33.0. The average molecular weight is 557 g/mol. The van der Waals surface area contributed by atoms with Gasteiger partial charge >= 0.3 is 5.97 Å². The molecule has 0 aliphatic rings. The molecule has 0 spiro atoms. The predicted molar refractivity (Wildman–Crippen MR) is 145 cm³/mol. The monoisotopic (exact) mass is 556 g/mol. The third-order valence-electron chi connectivity index (χ3n) is 5.07. The maximum absolute atomic E-state index is 10.9. The summed E-state index contributed by atoms with van der Waals surface area (Å²) in [5.41, 5.74) is 1.79. The molecule has 0 aromatic carbocycles. The molecule has 0 saturated carbocycles. The van der Waals surface area contributed by atoms with Crippen molar-refractivity contribution in [2.75, 3.05) is 98.2 Å². The third kappa shape index (κ3) is 33.4. The molecule has 0 saturated heterocycles. The second kappa shape index (κ2) is 33.5. The van der Waals surface area contributed by atoms with E-state index in [2.05, 4.69) is 17.5 Å². The van der Waals surface area contributed by atoms with Crippen molar-refractivity contribution < 1.29 is 42.8 Å². The van der Waals surface area contributed by atoms with Crippen molar-refractivity contribution in [2.45, 2.75) is 57.8 Å². The summed E-state index contributed by atoms with van der Waals surface area (Å²) < 4.78 is 37.7. The second-order valence-electron chi connectivity index (χ2n) is 8.22. The highest BCUT2D eigenvalue weighted by molar-refractivity contribution is 7.80. The average Bonchev–Trinajstić information content (AvgIpc) is 2.90. The Morgan fingerprint density at radius 1 is 0.486 bits per heavy atom. The van der Waals surface area contributed by atoms with E-state index in [0.29, 0.717) is 72.7 Å². The van der Waals surface area contributed by atoms with Gasteiger partial charge in [0, 0.05) is 6.61 Å². The quantitative estimate of drug-likeness (QED) is 0.0489. The molecule has 37 heavy (non-hydrogen) atoms. The third-order valence-corrected chi connectivity index (χ3v) is 5.39. The van der Waals surface area contributed by atoms with Gasteiger partial charge in [-0.3, -0.25) is 0 Å². The van der Waals surface area contributed by atoms with E-state index in [9.17, 15) is 4.79 Å². The number of ether oxygens (including phenoxy) is 7. The van der Waals surface area contributed by atoms with Crippen molar-refractivity contribution >= 4 is 18.6 Å². The number of nitrogens with one attached hydrogen (secondary N) is 1. The first-order valence-corrected chi connectivity index (χ1v) is 14.2. The van der Waals surface area contributed by atoms with Crippen LogP contribution < -0.4 is 11.4 Å². The van der Waals surface area contributed by atoms with Crippen LogP contribution in [0.15, 0.2) is 0 Å². The number of carbonyl (C=O) groups is 1. The van der Waals surface area contributed by atoms with Gasteiger partial charge in [0.05, 0.1) is 79.3 Å². The summed E-state index contributed by atoms with van der Waals surface area (Å²) in [7, 11) is 0. The smallest absolute Gasteiger partial charge is 0.351 e. The molecule has 3 N–H and O–H groups in total. The number of thiol groups is 1. The zero-order chi connectivity index (χ0) is 26.9. The van der Waals surface area contributed by atoms with E-state index in [4.69, 9.17) is 39.0 Å². The minimum atomic E-state index is -0.598. The standard InChI is InChI=1S/C25H52N2O9S/c26-27-36-25(28)24-35-22-21-34-20-19-33-18-17-32-16-15-31-14-13-30-12-11-29-10-8-6-4-2-1-3-5-7-9-23-37/h27,37H,1-24,26H2. The first kappa shape index (κ1) is 36.5. The van der Waals surface area contributed by atoms with Gasteiger partial charge in [-0.1, -0.05) is 50.5 Å². The van der Waals surface area contributed by atoms with Crippen LogP contribution in [0.5, 0.6) is 0 Å². The Morgan fingerprint density at radius 2 is 0.811 bits per heavy atom. The van der Waals surface area contributed by atoms with E-state index in [1.54, 1.807) is 5.59 Å². The molecule has 0 unspecified atom stereocenters. The summed E-state index contributed by atoms with van der Waals surface area (Å²) in [6.45, 7) is 6.50. The zero-order valence-corrected chi connectivity index (χ0v) is 23.6. The Morgan fingerprint density at radius 3 is 1.19 bits per heavy atom. The van der Waals surface area contributed by atoms with E-state index in [0.717, 1.165) is 18.8 Å². The van der Waals surface area contributed by atoms with E-state index >= 15 is 0 Å². The lowest BCUT2D eigenvalue weighted by Crippen LogP contribution is -2.28. The van der Waals surface area contributed by atoms with Crippen molar-refractivity contribution in [3.8, 4) is 0 Å². The molecule has 0 radical (unpaired) electrons. The highest BCUT2D eigenvalue weighted by atomic mass is 32.1. The van der Waals surface area contributed by atoms with E-state index < -0.39 is 5.97 Å². The van der Waals surface area contributed by atoms with Crippen LogP contribution in [0.1, 0.15) is 57.8 Å². The van der Waals surface area contributed by atoms with Gasteiger partial charge in [0.1, 0.15) is 6.61 Å². The molecule has 0 aromatic heterocycles. The first-order chi connectivity index (χ1) is 18.3. The van der Waals surface area contributed by atoms with Crippen LogP contribution in [0.4, 0.5) is 0 Å². The van der Waals surface area contributed by atoms with Crippen molar-refractivity contribution in [3.63, 3.8) is 0 Å². The van der Waals surface area contributed by atoms with Gasteiger partial charge in [0.25, 0.3) is 0 Å². The molecule has 0 amide bonds. The fraction of sp³-hybridized carbons (Fsp3) is 0.960. The molecule has 12 heteroatoms. The Hall–Kier alpha value is -0.540. The van der Waals surface area contributed by atoms with Crippen LogP contribution in [0.3, 0.4) is 0 Å². The van der Waals surface area contributed by atoms with Gasteiger partial charge in [-0.2, -0.15) is 12.6 Å². The summed E-state index contributed by atoms with van der Waals surface area (Å²) in [6.07, 6.45) is 11.7. The van der Waals surface area contributed by atoms with Gasteiger partial charge in [-0.25, -0.2) is 10.6 Å². The van der Waals surface area contributed by atoms with Crippen LogP contribution in [-0.4, -0.2) is 104 Å². The highest BCUT2D eigenvalue weighted by Gasteiger charge is 2.01. The van der Waals surface area contributed by atoms with Crippen LogP contribution in [0.25, 0.3) is 0 Å². The largest absolute Gasteiger partial charge is 0.379 e. The normalized spacial score (nSPS) is 11.3. The van der Waals surface area contributed by atoms with Gasteiger partial charge < -0.3 is 38.0 Å². The van der Waals surface area contributed by atoms with E-state index in [1.807, 2.05) is 0 Å². The van der Waals surface area contributed by atoms with Gasteiger partial charge in [-0.15, -0.1) is 0 Å². The first-order valence-electron chi connectivity index (χ1n) is 13.6. The highest BCUT2D eigenvalue weighted by Crippen LogP contribution is 2.10. The number of unbranched alkanes of at least 4 members (excludes halogenated alkanes) is 8. The minimum absolute atomic E-state index is 0.189. The summed E-state index contributed by atoms with van der Waals surface area (Å²) in [4.78, 5) is 15.2. The van der Waals surface area contributed by atoms with Crippen LogP contribution in [0, 0.1) is 0 Å². The molecular formula is C25H52N2O9S. The van der Waals surface area contributed by atoms with Crippen LogP contribution >= 0.6 is 12.6 Å². The molecule has 0 aromatic rings. The molecule has 0 atom stereocenters. The lowest BCUT2D eigenvalue weighted by Gasteiger charge is -2.08. The minimum Gasteiger partial charge on any atom is -0.379 e. The zero-order valence-electron chi connectivity index (χ0n) is 22.7. The molecule has 0 fully saturated rings. The van der Waals surface area contributed by atoms with E-state index in [-0.39, 0.29) is 13.2 Å². The number of nitrogens with two attached hydrogens (primary N) is 1. The number of rotatable bonds is 32. The molecule has 0 aliphatic heterocycles. The molecule has 222 valence electrons. The van der Waals surface area contributed by atoms with Gasteiger partial charge in [0.15, 0.2) is 0 Å². The molecule has 0 rings (SSSR count). The fourth-order valence-electron chi connectivity index (χ4n) is 3.12. The lowest BCUT2D eigenvalue weighted by atomic mass is 10.1. The maximum Gasteiger partial charge on any atom is 0.351 e. The fourth-order valence-corrected chi connectivity index (χ4v) is 3.35. The Balaban J connectivity index is 3.04. The Labute approximate surface area is 229 Å². The Bertz CT molecular complexity index is 454. The van der Waals surface area contributed by atoms with Crippen LogP contribution in [-0.2, 0) is 42.8 Å². The summed E-state index contributed by atoms with van der Waals surface area (Å²) >= 11 is 4.24. The molecule has 11 nitrogen and oxygen atoms in total. The summed E-state index contributed by atoms with van der Waals surface area (Å²) in [5, 5.41) is 0. The van der Waals surface area contributed by atoms with Crippen molar-refractivity contribution in [1.82, 2.24) is 5.59 Å². The van der Waals surface area contributed by atoms with Crippen molar-refractivity contribution in [1.29, 1.82) is 0 Å². The topological polar surface area (TPSA) is 129 Å². The van der Waals surface area contributed by atoms with Crippen LogP contribution in [0.2, 0.25) is 0 Å². The number of carbonyl (C=O) groups excluding carboxylic acids is 1. The SMILES string of the molecule is NNOC(=O)COCCOCCOCCOCCOCCOCCOCCCCCCCCCCCS. The number of hydrogen-bond acceptors (Lipinski definition) is 12. The van der Waals surface area contributed by atoms with Crippen molar-refractivity contribution in [3.05, 3.63) is 0 Å². The summed E-state index contributed by atoms with van der Waals surface area (Å²) in [6, 6.07) is 0. The predicted octanol–water partition coefficient (Wildman–Crippen LogP) is 2.46. The maximum atomic E-state index is 10.9. The lowest BCUT2D eigenvalue weighted by molar-refractivity contribution is -0.157. The van der Waals surface area contributed by atoms with Crippen molar-refractivity contribution in [2.24, 2.45) is 5.84 Å². The molecule has 0 bridgehead atoms. The molecule has 0 heterocycles. The second-order valence-corrected chi connectivity index (χ2v) is 8.67. The number of hydrazine groups is 1. The van der Waals surface area contributed by atoms with E-state index in [1.165, 1.54) is 51.4 Å². The summed E-state index contributed by atoms with van der Waals surface area (Å²) in [5.74, 6) is 5.24. The number of hydrogen-bond donors (Lipinski definition) is 3. The van der Waals surface area contributed by atoms with Gasteiger partial charge in [-0.05, 0) is 18.6 Å². The molecular weight excluding hydrogens is 504 g/mol. The van der Waals surface area contributed by atoms with Gasteiger partial charge in [0.2, 0.25) is 0 Å². The molecule has 0 aliphatic carbocycles.